The zero-order valence-corrected chi connectivity index (χ0v) is 11.4. The van der Waals surface area contributed by atoms with Crippen molar-refractivity contribution in [1.82, 2.24) is 0 Å². The molecule has 0 aromatic rings. The minimum Gasteiger partial charge on any atom is -0.120 e. The molecule has 18 heavy (non-hydrogen) atoms. The Bertz CT molecular complexity index is 238. The fourth-order valence-corrected chi connectivity index (χ4v) is 2.86. The van der Waals surface area contributed by atoms with Crippen molar-refractivity contribution in [3.05, 3.63) is 0 Å². The maximum atomic E-state index is 2.39. The number of hydrogen-bond acceptors (Lipinski definition) is 0. The molecule has 2 aliphatic heterocycles. The van der Waals surface area contributed by atoms with Gasteiger partial charge in [-0.3, -0.25) is 0 Å². The van der Waals surface area contributed by atoms with E-state index in [-0.39, 0.29) is 5.21 Å². The van der Waals surface area contributed by atoms with E-state index in [4.69, 9.17) is 0 Å². The fourth-order valence-electron chi connectivity index (χ4n) is 2.86. The summed E-state index contributed by atoms with van der Waals surface area (Å²) in [6, 6.07) is 0. The third kappa shape index (κ3) is 4.07. The third-order valence-corrected chi connectivity index (χ3v) is 3.98. The first kappa shape index (κ1) is 15.0. The molecule has 0 N–H and O–H groups in total. The molecule has 0 amide bonds. The summed E-state index contributed by atoms with van der Waals surface area (Å²) in [5, 5.41) is 0.229. The van der Waals surface area contributed by atoms with E-state index < -0.39 is 0 Å². The lowest BCUT2D eigenvalue weighted by atomic mass is 8.93. The van der Waals surface area contributed by atoms with Gasteiger partial charge in [0, 0.05) is 63.9 Å². The Morgan fingerprint density at radius 1 is 0.778 bits per heavy atom. The first-order valence-corrected chi connectivity index (χ1v) is 7.26. The van der Waals surface area contributed by atoms with Gasteiger partial charge in [-0.25, -0.2) is 0 Å². The summed E-state index contributed by atoms with van der Waals surface area (Å²) in [7, 11) is 22.4. The molecule has 2 aliphatic rings. The summed E-state index contributed by atoms with van der Waals surface area (Å²) in [6.07, 6.45) is 6.62. The van der Waals surface area contributed by atoms with Gasteiger partial charge in [-0.05, 0) is 0 Å². The van der Waals surface area contributed by atoms with Crippen LogP contribution in [-0.4, -0.2) is 71.0 Å². The SMILES string of the molecule is CCCCCCC12[B][B][B][B][B][B][B]C1[B][B][B]2. The number of fused-ring (bicyclic) bond motifs is 1. The van der Waals surface area contributed by atoms with Crippen molar-refractivity contribution in [3.63, 3.8) is 0 Å². The Hall–Kier alpha value is 0.649. The second-order valence-electron chi connectivity index (χ2n) is 5.32. The predicted molar refractivity (Wildman–Crippen MR) is 92.7 cm³/mol. The van der Waals surface area contributed by atoms with Crippen molar-refractivity contribution in [1.29, 1.82) is 0 Å². The van der Waals surface area contributed by atoms with Gasteiger partial charge >= 0.3 is 0 Å². The number of rotatable bonds is 5. The Kier molecular flexibility index (Phi) is 6.73. The smallest absolute Gasteiger partial charge is 0.0507 e. The molecule has 2 unspecified atom stereocenters. The van der Waals surface area contributed by atoms with Gasteiger partial charge in [0.05, 0.1) is 7.17 Å². The number of unbranched alkanes of at least 4 members (excludes halogenated alkanes) is 3. The second-order valence-corrected chi connectivity index (χ2v) is 5.32. The maximum absolute atomic E-state index is 2.39. The van der Waals surface area contributed by atoms with Crippen LogP contribution in [0, 0.1) is 0 Å². The van der Waals surface area contributed by atoms with E-state index >= 15 is 0 Å². The Labute approximate surface area is 121 Å². The summed E-state index contributed by atoms with van der Waals surface area (Å²) in [4.78, 5) is 0. The van der Waals surface area contributed by atoms with Crippen LogP contribution in [0.2, 0.25) is 10.9 Å². The van der Waals surface area contributed by atoms with E-state index in [1.165, 1.54) is 32.1 Å². The van der Waals surface area contributed by atoms with E-state index in [1.54, 1.807) is 0 Å². The zero-order valence-electron chi connectivity index (χ0n) is 11.4. The van der Waals surface area contributed by atoms with E-state index in [0.717, 1.165) is 0 Å². The van der Waals surface area contributed by atoms with Crippen LogP contribution < -0.4 is 0 Å². The minimum absolute atomic E-state index is 0.229. The summed E-state index contributed by atoms with van der Waals surface area (Å²) in [5.41, 5.74) is 0.534. The van der Waals surface area contributed by atoms with Crippen LogP contribution in [-0.2, 0) is 0 Å². The van der Waals surface area contributed by atoms with Crippen LogP contribution in [0.5, 0.6) is 0 Å². The van der Waals surface area contributed by atoms with Crippen molar-refractivity contribution in [2.24, 2.45) is 0 Å². The predicted octanol–water partition coefficient (Wildman–Crippen LogP) is -0.792. The highest BCUT2D eigenvalue weighted by molar-refractivity contribution is 7.64. The average molecular weight is 218 g/mol. The Morgan fingerprint density at radius 2 is 1.50 bits per heavy atom. The molecule has 0 saturated carbocycles. The molecular formula is C8H14B10. The van der Waals surface area contributed by atoms with Crippen molar-refractivity contribution >= 4 is 71.0 Å². The molecule has 76 valence electrons. The van der Waals surface area contributed by atoms with E-state index in [0.29, 0.717) is 5.72 Å². The minimum atomic E-state index is 0.229. The Balaban J connectivity index is 1.89. The van der Waals surface area contributed by atoms with E-state index in [9.17, 15) is 0 Å². The third-order valence-electron chi connectivity index (χ3n) is 3.98. The van der Waals surface area contributed by atoms with E-state index in [1.807, 2.05) is 0 Å². The standard InChI is InChI=1S/C8H14B10/c1-2-3-4-5-6-8-7(9-13-11-8)10-14-16-18-17-15-12-8/h7H,2-6H2,1H3. The fraction of sp³-hybridized carbons (Fsp3) is 1.00. The van der Waals surface area contributed by atoms with Crippen molar-refractivity contribution in [2.75, 3.05) is 0 Å². The largest absolute Gasteiger partial charge is 0.120 e. The maximum Gasteiger partial charge on any atom is 0.0507 e. The summed E-state index contributed by atoms with van der Waals surface area (Å²) >= 11 is 0. The normalized spacial score (nSPS) is 29.1. The van der Waals surface area contributed by atoms with Gasteiger partial charge in [-0.15, -0.1) is 10.9 Å². The van der Waals surface area contributed by atoms with Crippen LogP contribution in [0.15, 0.2) is 0 Å². The summed E-state index contributed by atoms with van der Waals surface area (Å²) in [6.45, 7) is 2.27. The number of hydrogen-bond donors (Lipinski definition) is 0. The zero-order chi connectivity index (χ0) is 12.7. The molecule has 2 atom stereocenters. The van der Waals surface area contributed by atoms with Gasteiger partial charge in [0.2, 0.25) is 0 Å². The van der Waals surface area contributed by atoms with Gasteiger partial charge in [-0.1, -0.05) is 39.0 Å². The van der Waals surface area contributed by atoms with Gasteiger partial charge in [-0.2, -0.15) is 0 Å². The highest BCUT2D eigenvalue weighted by Gasteiger charge is 2.41. The summed E-state index contributed by atoms with van der Waals surface area (Å²) in [5.74, 6) is 0. The lowest BCUT2D eigenvalue weighted by Crippen LogP contribution is -2.36. The first-order valence-electron chi connectivity index (χ1n) is 7.26. The molecule has 0 nitrogen and oxygen atoms in total. The molecule has 10 heteroatoms. The lowest BCUT2D eigenvalue weighted by molar-refractivity contribution is 0.592. The van der Waals surface area contributed by atoms with Gasteiger partial charge < -0.3 is 0 Å². The molecule has 2 rings (SSSR count). The van der Waals surface area contributed by atoms with Gasteiger partial charge in [0.15, 0.2) is 0 Å². The highest BCUT2D eigenvalue weighted by atomic mass is 14.1. The highest BCUT2D eigenvalue weighted by Crippen LogP contribution is 2.45. The van der Waals surface area contributed by atoms with Crippen molar-refractivity contribution < 1.29 is 0 Å². The molecule has 2 fully saturated rings. The van der Waals surface area contributed by atoms with Gasteiger partial charge in [0.1, 0.15) is 0 Å². The molecule has 0 aromatic heterocycles. The quantitative estimate of drug-likeness (QED) is 0.419. The molecule has 10 radical (unpaired) electrons. The molecular weight excluding hydrogens is 204 g/mol. The molecule has 0 bridgehead atoms. The van der Waals surface area contributed by atoms with Crippen LogP contribution >= 0.6 is 0 Å². The van der Waals surface area contributed by atoms with Crippen molar-refractivity contribution in [2.45, 2.75) is 50.0 Å². The molecule has 2 heterocycles. The average Bonchev–Trinajstić information content (AvgIpc) is 2.79. The Morgan fingerprint density at radius 3 is 2.39 bits per heavy atom. The molecule has 0 aliphatic carbocycles. The topological polar surface area (TPSA) is 0 Å². The lowest BCUT2D eigenvalue weighted by Gasteiger charge is -2.38. The monoisotopic (exact) mass is 220 g/mol. The van der Waals surface area contributed by atoms with E-state index in [2.05, 4.69) is 78.0 Å². The first-order chi connectivity index (χ1) is 8.87. The summed E-state index contributed by atoms with van der Waals surface area (Å²) < 4.78 is 0. The van der Waals surface area contributed by atoms with Crippen molar-refractivity contribution in [3.8, 4) is 0 Å². The van der Waals surface area contributed by atoms with Crippen LogP contribution in [0.25, 0.3) is 0 Å². The molecule has 0 aromatic carbocycles. The van der Waals surface area contributed by atoms with Crippen LogP contribution in [0.1, 0.15) is 39.0 Å². The van der Waals surface area contributed by atoms with Crippen LogP contribution in [0.4, 0.5) is 0 Å². The molecule has 2 saturated heterocycles. The van der Waals surface area contributed by atoms with Gasteiger partial charge in [0.25, 0.3) is 0 Å². The second kappa shape index (κ2) is 8.05. The van der Waals surface area contributed by atoms with Crippen LogP contribution in [0.3, 0.4) is 0 Å². The molecule has 0 spiro atoms.